The van der Waals surface area contributed by atoms with Gasteiger partial charge in [0.15, 0.2) is 11.5 Å². The number of methoxy groups -OCH3 is 2. The Hall–Kier alpha value is -1.76. The number of sulfonamides is 1. The first-order chi connectivity index (χ1) is 13.0. The van der Waals surface area contributed by atoms with Crippen molar-refractivity contribution in [3.05, 3.63) is 53.1 Å². The maximum Gasteiger partial charge on any atom is 0.243 e. The zero-order valence-electron chi connectivity index (χ0n) is 15.5. The highest BCUT2D eigenvalue weighted by Crippen LogP contribution is 2.33. The van der Waals surface area contributed by atoms with E-state index in [1.165, 1.54) is 20.3 Å². The lowest BCUT2D eigenvalue weighted by atomic mass is 9.95. The second-order valence-corrected chi connectivity index (χ2v) is 9.00. The fourth-order valence-corrected chi connectivity index (χ4v) is 5.12. The van der Waals surface area contributed by atoms with Crippen molar-refractivity contribution in [3.8, 4) is 11.5 Å². The molecule has 0 saturated carbocycles. The lowest BCUT2D eigenvalue weighted by Crippen LogP contribution is -2.34. The van der Waals surface area contributed by atoms with Crippen LogP contribution in [0, 0.1) is 0 Å². The van der Waals surface area contributed by atoms with E-state index < -0.39 is 10.0 Å². The van der Waals surface area contributed by atoms with Gasteiger partial charge in [-0.15, -0.1) is 0 Å². The molecule has 146 valence electrons. The predicted molar refractivity (Wildman–Crippen MR) is 106 cm³/mol. The van der Waals surface area contributed by atoms with E-state index in [9.17, 15) is 8.42 Å². The molecule has 5 nitrogen and oxygen atoms in total. The molecule has 0 radical (unpaired) electrons. The van der Waals surface area contributed by atoms with Gasteiger partial charge in [-0.2, -0.15) is 4.31 Å². The summed E-state index contributed by atoms with van der Waals surface area (Å²) >= 11 is 5.99. The molecule has 1 fully saturated rings. The second-order valence-electron chi connectivity index (χ2n) is 6.62. The normalized spacial score (nSPS) is 18.7. The van der Waals surface area contributed by atoms with E-state index in [0.29, 0.717) is 29.6 Å². The van der Waals surface area contributed by atoms with Crippen molar-refractivity contribution in [3.63, 3.8) is 0 Å². The van der Waals surface area contributed by atoms with Crippen molar-refractivity contribution >= 4 is 21.6 Å². The Bertz CT molecular complexity index is 883. The Kier molecular flexibility index (Phi) is 6.29. The number of nitrogens with zero attached hydrogens (tertiary/aromatic N) is 1. The van der Waals surface area contributed by atoms with Gasteiger partial charge in [0.05, 0.1) is 19.1 Å². The van der Waals surface area contributed by atoms with E-state index in [-0.39, 0.29) is 10.8 Å². The quantitative estimate of drug-likeness (QED) is 0.738. The third-order valence-electron chi connectivity index (χ3n) is 4.97. The molecule has 1 atom stereocenters. The number of hydrogen-bond donors (Lipinski definition) is 0. The topological polar surface area (TPSA) is 55.8 Å². The van der Waals surface area contributed by atoms with Crippen LogP contribution in [-0.2, 0) is 10.0 Å². The summed E-state index contributed by atoms with van der Waals surface area (Å²) in [6.45, 7) is 0.971. The van der Waals surface area contributed by atoms with Crippen LogP contribution in [0.25, 0.3) is 0 Å². The van der Waals surface area contributed by atoms with E-state index in [0.717, 1.165) is 24.8 Å². The molecule has 0 N–H and O–H groups in total. The third-order valence-corrected chi connectivity index (χ3v) is 7.08. The SMILES string of the molecule is COc1ccc(S(=O)(=O)N2CCCCC(c3ccc(Cl)cc3)C2)cc1OC. The lowest BCUT2D eigenvalue weighted by Gasteiger charge is -2.24. The van der Waals surface area contributed by atoms with E-state index in [2.05, 4.69) is 0 Å². The average Bonchev–Trinajstić information content (AvgIpc) is 2.95. The molecule has 2 aromatic rings. The standard InChI is InChI=1S/C20H24ClNO4S/c1-25-19-11-10-18(13-20(19)26-2)27(23,24)22-12-4-3-5-16(14-22)15-6-8-17(21)9-7-15/h6-11,13,16H,3-5,12,14H2,1-2H3. The Morgan fingerprint density at radius 1 is 1.00 bits per heavy atom. The van der Waals surface area contributed by atoms with Gasteiger partial charge in [-0.05, 0) is 48.6 Å². The zero-order valence-corrected chi connectivity index (χ0v) is 17.1. The van der Waals surface area contributed by atoms with Crippen LogP contribution in [0.4, 0.5) is 0 Å². The van der Waals surface area contributed by atoms with Gasteiger partial charge >= 0.3 is 0 Å². The van der Waals surface area contributed by atoms with Gasteiger partial charge in [-0.3, -0.25) is 0 Å². The Morgan fingerprint density at radius 3 is 2.37 bits per heavy atom. The molecule has 2 aromatic carbocycles. The highest BCUT2D eigenvalue weighted by Gasteiger charge is 2.30. The Balaban J connectivity index is 1.89. The van der Waals surface area contributed by atoms with Crippen molar-refractivity contribution in [2.45, 2.75) is 30.1 Å². The molecule has 1 heterocycles. The highest BCUT2D eigenvalue weighted by atomic mass is 35.5. The van der Waals surface area contributed by atoms with Crippen LogP contribution >= 0.6 is 11.6 Å². The number of benzene rings is 2. The molecule has 0 bridgehead atoms. The van der Waals surface area contributed by atoms with E-state index in [4.69, 9.17) is 21.1 Å². The summed E-state index contributed by atoms with van der Waals surface area (Å²) in [7, 11) is -0.598. The maximum atomic E-state index is 13.2. The van der Waals surface area contributed by atoms with Gasteiger partial charge in [0.25, 0.3) is 0 Å². The molecule has 1 unspecified atom stereocenters. The fraction of sp³-hybridized carbons (Fsp3) is 0.400. The van der Waals surface area contributed by atoms with E-state index in [1.54, 1.807) is 16.4 Å². The van der Waals surface area contributed by atoms with Gasteiger partial charge in [0.2, 0.25) is 10.0 Å². The molecule has 0 aromatic heterocycles. The average molecular weight is 410 g/mol. The first kappa shape index (κ1) is 20.0. The van der Waals surface area contributed by atoms with Crippen molar-refractivity contribution in [1.29, 1.82) is 0 Å². The van der Waals surface area contributed by atoms with E-state index in [1.807, 2.05) is 24.3 Å². The van der Waals surface area contributed by atoms with Crippen LogP contribution in [0.1, 0.15) is 30.7 Å². The lowest BCUT2D eigenvalue weighted by molar-refractivity contribution is 0.353. The molecule has 0 spiro atoms. The van der Waals surface area contributed by atoms with Gasteiger partial charge in [-0.25, -0.2) is 8.42 Å². The molecule has 1 aliphatic rings. The largest absolute Gasteiger partial charge is 0.493 e. The maximum absolute atomic E-state index is 13.2. The molecule has 7 heteroatoms. The van der Waals surface area contributed by atoms with Gasteiger partial charge < -0.3 is 9.47 Å². The minimum absolute atomic E-state index is 0.152. The van der Waals surface area contributed by atoms with E-state index >= 15 is 0 Å². The monoisotopic (exact) mass is 409 g/mol. The first-order valence-electron chi connectivity index (χ1n) is 8.93. The first-order valence-corrected chi connectivity index (χ1v) is 10.7. The Morgan fingerprint density at radius 2 is 1.70 bits per heavy atom. The molecule has 27 heavy (non-hydrogen) atoms. The number of ether oxygens (including phenoxy) is 2. The smallest absolute Gasteiger partial charge is 0.243 e. The summed E-state index contributed by atoms with van der Waals surface area (Å²) in [6, 6.07) is 12.4. The Labute approximate surface area is 165 Å². The second kappa shape index (κ2) is 8.50. The molecule has 1 aliphatic heterocycles. The van der Waals surface area contributed by atoms with Crippen LogP contribution in [0.3, 0.4) is 0 Å². The predicted octanol–water partition coefficient (Wildman–Crippen LogP) is 4.32. The summed E-state index contributed by atoms with van der Waals surface area (Å²) in [5.74, 6) is 1.06. The van der Waals surface area contributed by atoms with Crippen LogP contribution < -0.4 is 9.47 Å². The highest BCUT2D eigenvalue weighted by molar-refractivity contribution is 7.89. The summed E-state index contributed by atoms with van der Waals surface area (Å²) in [5, 5.41) is 0.683. The molecule has 3 rings (SSSR count). The zero-order chi connectivity index (χ0) is 19.4. The van der Waals surface area contributed by atoms with Crippen molar-refractivity contribution in [2.24, 2.45) is 0 Å². The van der Waals surface area contributed by atoms with Crippen LogP contribution in [0.5, 0.6) is 11.5 Å². The number of hydrogen-bond acceptors (Lipinski definition) is 4. The van der Waals surface area contributed by atoms with Crippen LogP contribution in [0.2, 0.25) is 5.02 Å². The summed E-state index contributed by atoms with van der Waals surface area (Å²) < 4.78 is 38.6. The number of halogens is 1. The van der Waals surface area contributed by atoms with Crippen LogP contribution in [0.15, 0.2) is 47.4 Å². The minimum Gasteiger partial charge on any atom is -0.493 e. The van der Waals surface area contributed by atoms with Crippen molar-refractivity contribution in [1.82, 2.24) is 4.31 Å². The molecule has 0 aliphatic carbocycles. The van der Waals surface area contributed by atoms with Crippen molar-refractivity contribution in [2.75, 3.05) is 27.3 Å². The van der Waals surface area contributed by atoms with Crippen LogP contribution in [-0.4, -0.2) is 40.0 Å². The molecular formula is C20H24ClNO4S. The van der Waals surface area contributed by atoms with Gasteiger partial charge in [-0.1, -0.05) is 30.2 Å². The van der Waals surface area contributed by atoms with Crippen molar-refractivity contribution < 1.29 is 17.9 Å². The summed E-state index contributed by atoms with van der Waals surface area (Å²) in [4.78, 5) is 0.219. The summed E-state index contributed by atoms with van der Waals surface area (Å²) in [6.07, 6.45) is 2.79. The molecule has 0 amide bonds. The van der Waals surface area contributed by atoms with Gasteiger partial charge in [0.1, 0.15) is 0 Å². The molecular weight excluding hydrogens is 386 g/mol. The number of rotatable bonds is 5. The van der Waals surface area contributed by atoms with Gasteiger partial charge in [0, 0.05) is 24.2 Å². The summed E-state index contributed by atoms with van der Waals surface area (Å²) in [5.41, 5.74) is 1.12. The molecule has 1 saturated heterocycles. The fourth-order valence-electron chi connectivity index (χ4n) is 3.46. The third kappa shape index (κ3) is 4.39. The minimum atomic E-state index is -3.62.